The Balaban J connectivity index is 0.00000364. The first-order valence-corrected chi connectivity index (χ1v) is 9.23. The maximum atomic E-state index is 11.9. The van der Waals surface area contributed by atoms with E-state index in [1.807, 2.05) is 24.3 Å². The van der Waals surface area contributed by atoms with Crippen molar-refractivity contribution in [1.82, 2.24) is 20.4 Å². The molecule has 1 heterocycles. The number of aliphatic imine (C=N–C) groups is 1. The first-order valence-electron chi connectivity index (χ1n) is 9.23. The van der Waals surface area contributed by atoms with E-state index in [4.69, 9.17) is 4.74 Å². The van der Waals surface area contributed by atoms with E-state index in [9.17, 15) is 4.79 Å². The normalized spacial score (nSPS) is 15.0. The molecule has 0 aromatic heterocycles. The van der Waals surface area contributed by atoms with Gasteiger partial charge in [-0.15, -0.1) is 24.0 Å². The highest BCUT2D eigenvalue weighted by Crippen LogP contribution is 2.07. The van der Waals surface area contributed by atoms with Gasteiger partial charge in [0.25, 0.3) is 5.91 Å². The second-order valence-electron chi connectivity index (χ2n) is 6.47. The summed E-state index contributed by atoms with van der Waals surface area (Å²) >= 11 is 0. The van der Waals surface area contributed by atoms with E-state index in [-0.39, 0.29) is 29.9 Å². The number of halogens is 1. The van der Waals surface area contributed by atoms with E-state index < -0.39 is 0 Å². The predicted octanol–water partition coefficient (Wildman–Crippen LogP) is 1.39. The summed E-state index contributed by atoms with van der Waals surface area (Å²) in [5, 5.41) is 6.65. The topological polar surface area (TPSA) is 69.2 Å². The Kier molecular flexibility index (Phi) is 11.3. The molecule has 0 bridgehead atoms. The molecule has 1 saturated heterocycles. The molecule has 0 saturated carbocycles. The Morgan fingerprint density at radius 1 is 1.19 bits per heavy atom. The number of rotatable bonds is 7. The summed E-state index contributed by atoms with van der Waals surface area (Å²) in [5.41, 5.74) is 1.77. The summed E-state index contributed by atoms with van der Waals surface area (Å²) in [5.74, 6) is 0.826. The minimum Gasteiger partial charge on any atom is -0.379 e. The smallest absolute Gasteiger partial charge is 0.253 e. The predicted molar refractivity (Wildman–Crippen MR) is 120 cm³/mol. The zero-order chi connectivity index (χ0) is 18.8. The van der Waals surface area contributed by atoms with Crippen molar-refractivity contribution in [2.45, 2.75) is 13.5 Å². The summed E-state index contributed by atoms with van der Waals surface area (Å²) in [6, 6.07) is 7.62. The second-order valence-corrected chi connectivity index (χ2v) is 6.47. The van der Waals surface area contributed by atoms with Gasteiger partial charge in [-0.1, -0.05) is 12.1 Å². The molecule has 152 valence electrons. The number of hydrogen-bond acceptors (Lipinski definition) is 4. The minimum absolute atomic E-state index is 0. The van der Waals surface area contributed by atoms with Gasteiger partial charge in [0.05, 0.1) is 19.8 Å². The number of benzene rings is 1. The van der Waals surface area contributed by atoms with Gasteiger partial charge in [-0.2, -0.15) is 0 Å². The first kappa shape index (κ1) is 23.6. The molecule has 7 nitrogen and oxygen atoms in total. The van der Waals surface area contributed by atoms with E-state index in [0.29, 0.717) is 12.1 Å². The number of amides is 1. The van der Waals surface area contributed by atoms with Gasteiger partial charge < -0.3 is 20.3 Å². The van der Waals surface area contributed by atoms with Crippen LogP contribution in [0.1, 0.15) is 22.8 Å². The molecule has 1 aromatic rings. The highest BCUT2D eigenvalue weighted by atomic mass is 127. The zero-order valence-corrected chi connectivity index (χ0v) is 18.9. The lowest BCUT2D eigenvalue weighted by Gasteiger charge is -2.26. The minimum atomic E-state index is 0. The van der Waals surface area contributed by atoms with Crippen molar-refractivity contribution in [2.75, 3.05) is 60.0 Å². The standard InChI is InChI=1S/C19H31N5O2.HI/c1-4-20-19(21-9-10-24-11-13-26-14-12-24)22-15-16-5-7-17(8-6-16)18(25)23(2)3;/h5-8H,4,9-15H2,1-3H3,(H2,20,21,22);1H. The van der Waals surface area contributed by atoms with E-state index in [0.717, 1.165) is 57.5 Å². The van der Waals surface area contributed by atoms with Gasteiger partial charge in [0.1, 0.15) is 0 Å². The number of carbonyl (C=O) groups is 1. The lowest BCUT2D eigenvalue weighted by atomic mass is 10.1. The Bertz CT molecular complexity index is 586. The Labute approximate surface area is 179 Å². The molecular weight excluding hydrogens is 457 g/mol. The molecule has 1 amide bonds. The lowest BCUT2D eigenvalue weighted by Crippen LogP contribution is -2.44. The van der Waals surface area contributed by atoms with Crippen LogP contribution in [-0.4, -0.2) is 81.7 Å². The average Bonchev–Trinajstić information content (AvgIpc) is 2.66. The Morgan fingerprint density at radius 3 is 2.44 bits per heavy atom. The number of nitrogens with zero attached hydrogens (tertiary/aromatic N) is 3. The highest BCUT2D eigenvalue weighted by molar-refractivity contribution is 14.0. The molecule has 1 aromatic carbocycles. The van der Waals surface area contributed by atoms with Crippen molar-refractivity contribution in [2.24, 2.45) is 4.99 Å². The fraction of sp³-hybridized carbons (Fsp3) is 0.579. The van der Waals surface area contributed by atoms with Crippen LogP contribution >= 0.6 is 24.0 Å². The van der Waals surface area contributed by atoms with E-state index in [1.54, 1.807) is 19.0 Å². The molecule has 1 aliphatic heterocycles. The Hall–Kier alpha value is -1.39. The van der Waals surface area contributed by atoms with Crippen LogP contribution in [0.15, 0.2) is 29.3 Å². The lowest BCUT2D eigenvalue weighted by molar-refractivity contribution is 0.0389. The molecule has 1 aliphatic rings. The van der Waals surface area contributed by atoms with E-state index in [2.05, 4.69) is 27.4 Å². The van der Waals surface area contributed by atoms with Gasteiger partial charge in [0.15, 0.2) is 5.96 Å². The third-order valence-corrected chi connectivity index (χ3v) is 4.20. The average molecular weight is 489 g/mol. The van der Waals surface area contributed by atoms with Gasteiger partial charge in [-0.05, 0) is 24.6 Å². The van der Waals surface area contributed by atoms with Gasteiger partial charge in [-0.25, -0.2) is 4.99 Å². The third-order valence-electron chi connectivity index (χ3n) is 4.20. The quantitative estimate of drug-likeness (QED) is 0.344. The summed E-state index contributed by atoms with van der Waals surface area (Å²) in [6.45, 7) is 8.91. The van der Waals surface area contributed by atoms with Crippen LogP contribution in [-0.2, 0) is 11.3 Å². The number of ether oxygens (including phenoxy) is 1. The molecule has 0 spiro atoms. The third kappa shape index (κ3) is 8.44. The van der Waals surface area contributed by atoms with Crippen molar-refractivity contribution >= 4 is 35.8 Å². The van der Waals surface area contributed by atoms with Gasteiger partial charge in [0.2, 0.25) is 0 Å². The largest absolute Gasteiger partial charge is 0.379 e. The van der Waals surface area contributed by atoms with Crippen LogP contribution in [0, 0.1) is 0 Å². The van der Waals surface area contributed by atoms with E-state index >= 15 is 0 Å². The van der Waals surface area contributed by atoms with Crippen LogP contribution in [0.2, 0.25) is 0 Å². The number of morpholine rings is 1. The van der Waals surface area contributed by atoms with Crippen molar-refractivity contribution in [3.8, 4) is 0 Å². The van der Waals surface area contributed by atoms with Crippen molar-refractivity contribution in [3.05, 3.63) is 35.4 Å². The van der Waals surface area contributed by atoms with Crippen LogP contribution in [0.25, 0.3) is 0 Å². The second kappa shape index (κ2) is 12.9. The molecule has 0 atom stereocenters. The van der Waals surface area contributed by atoms with E-state index in [1.165, 1.54) is 0 Å². The number of hydrogen-bond donors (Lipinski definition) is 2. The zero-order valence-electron chi connectivity index (χ0n) is 16.5. The molecule has 8 heteroatoms. The summed E-state index contributed by atoms with van der Waals surface area (Å²) in [7, 11) is 3.51. The van der Waals surface area contributed by atoms with Crippen molar-refractivity contribution in [1.29, 1.82) is 0 Å². The van der Waals surface area contributed by atoms with Crippen LogP contribution in [0.5, 0.6) is 0 Å². The van der Waals surface area contributed by atoms with Crippen molar-refractivity contribution in [3.63, 3.8) is 0 Å². The fourth-order valence-corrected chi connectivity index (χ4v) is 2.68. The molecular formula is C19H32IN5O2. The maximum absolute atomic E-state index is 11.9. The van der Waals surface area contributed by atoms with Crippen LogP contribution in [0.4, 0.5) is 0 Å². The number of guanidine groups is 1. The van der Waals surface area contributed by atoms with Crippen LogP contribution in [0.3, 0.4) is 0 Å². The summed E-state index contributed by atoms with van der Waals surface area (Å²) in [4.78, 5) is 20.5. The molecule has 0 radical (unpaired) electrons. The first-order chi connectivity index (χ1) is 12.6. The maximum Gasteiger partial charge on any atom is 0.253 e. The van der Waals surface area contributed by atoms with Gasteiger partial charge in [-0.3, -0.25) is 9.69 Å². The SMILES string of the molecule is CCNC(=NCc1ccc(C(=O)N(C)C)cc1)NCCN1CCOCC1.I. The number of nitrogens with one attached hydrogen (secondary N) is 2. The highest BCUT2D eigenvalue weighted by Gasteiger charge is 2.10. The molecule has 0 unspecified atom stereocenters. The monoisotopic (exact) mass is 489 g/mol. The summed E-state index contributed by atoms with van der Waals surface area (Å²) < 4.78 is 5.37. The molecule has 1 fully saturated rings. The van der Waals surface area contributed by atoms with Crippen molar-refractivity contribution < 1.29 is 9.53 Å². The number of carbonyl (C=O) groups excluding carboxylic acids is 1. The molecule has 2 N–H and O–H groups in total. The molecule has 0 aliphatic carbocycles. The Morgan fingerprint density at radius 2 is 1.85 bits per heavy atom. The molecule has 27 heavy (non-hydrogen) atoms. The van der Waals surface area contributed by atoms with Gasteiger partial charge >= 0.3 is 0 Å². The summed E-state index contributed by atoms with van der Waals surface area (Å²) in [6.07, 6.45) is 0. The molecule has 2 rings (SSSR count). The fourth-order valence-electron chi connectivity index (χ4n) is 2.68. The van der Waals surface area contributed by atoms with Crippen LogP contribution < -0.4 is 10.6 Å². The van der Waals surface area contributed by atoms with Gasteiger partial charge in [0, 0.05) is 52.4 Å².